The second-order valence-electron chi connectivity index (χ2n) is 5.93. The van der Waals surface area contributed by atoms with Gasteiger partial charge in [-0.2, -0.15) is 5.10 Å². The summed E-state index contributed by atoms with van der Waals surface area (Å²) >= 11 is 0. The summed E-state index contributed by atoms with van der Waals surface area (Å²) < 4.78 is 7.27. The second kappa shape index (κ2) is 7.49. The normalized spacial score (nSPS) is 14.7. The van der Waals surface area contributed by atoms with E-state index >= 15 is 0 Å². The van der Waals surface area contributed by atoms with E-state index in [1.165, 1.54) is 0 Å². The van der Waals surface area contributed by atoms with Crippen LogP contribution in [0.5, 0.6) is 0 Å². The van der Waals surface area contributed by atoms with Crippen molar-refractivity contribution in [2.24, 2.45) is 0 Å². The van der Waals surface area contributed by atoms with Gasteiger partial charge >= 0.3 is 0 Å². The molecule has 24 heavy (non-hydrogen) atoms. The van der Waals surface area contributed by atoms with E-state index in [0.29, 0.717) is 32.8 Å². The van der Waals surface area contributed by atoms with Crippen LogP contribution >= 0.6 is 0 Å². The molecule has 1 aliphatic heterocycles. The summed E-state index contributed by atoms with van der Waals surface area (Å²) in [5, 5.41) is 7.70. The van der Waals surface area contributed by atoms with E-state index < -0.39 is 0 Å². The quantitative estimate of drug-likeness (QED) is 0.915. The maximum absolute atomic E-state index is 12.5. The third-order valence-electron chi connectivity index (χ3n) is 4.34. The summed E-state index contributed by atoms with van der Waals surface area (Å²) in [6.07, 6.45) is 1.82. The van der Waals surface area contributed by atoms with Crippen molar-refractivity contribution in [3.63, 3.8) is 0 Å². The third kappa shape index (κ3) is 3.59. The Morgan fingerprint density at radius 3 is 2.79 bits per heavy atom. The molecule has 0 bridgehead atoms. The summed E-state index contributed by atoms with van der Waals surface area (Å²) in [6.45, 7) is 8.24. The summed E-state index contributed by atoms with van der Waals surface area (Å²) in [4.78, 5) is 14.4. The summed E-state index contributed by atoms with van der Waals surface area (Å²) in [5.74, 6) is 0.0806. The molecule has 1 saturated heterocycles. The van der Waals surface area contributed by atoms with Crippen molar-refractivity contribution < 1.29 is 9.53 Å². The number of carbonyl (C=O) groups excluding carboxylic acids is 1. The number of aryl methyl sites for hydroxylation is 2. The number of carbonyl (C=O) groups is 1. The predicted molar refractivity (Wildman–Crippen MR) is 93.1 cm³/mol. The molecule has 6 nitrogen and oxygen atoms in total. The molecule has 1 N–H and O–H groups in total. The molecule has 2 heterocycles. The average molecular weight is 328 g/mol. The Morgan fingerprint density at radius 1 is 1.29 bits per heavy atom. The Bertz CT molecular complexity index is 705. The molecule has 1 amide bonds. The van der Waals surface area contributed by atoms with Crippen LogP contribution in [0.2, 0.25) is 0 Å². The van der Waals surface area contributed by atoms with Gasteiger partial charge in [0.1, 0.15) is 0 Å². The second-order valence-corrected chi connectivity index (χ2v) is 5.93. The van der Waals surface area contributed by atoms with Crippen LogP contribution in [0.4, 0.5) is 5.69 Å². The Kier molecular flexibility index (Phi) is 5.15. The Labute approximate surface area is 142 Å². The molecule has 0 saturated carbocycles. The van der Waals surface area contributed by atoms with Crippen molar-refractivity contribution in [1.29, 1.82) is 0 Å². The number of aromatic nitrogens is 2. The Hall–Kier alpha value is -2.34. The first kappa shape index (κ1) is 16.5. The highest BCUT2D eigenvalue weighted by Crippen LogP contribution is 2.19. The van der Waals surface area contributed by atoms with Gasteiger partial charge in [0.05, 0.1) is 25.5 Å². The minimum Gasteiger partial charge on any atom is -0.379 e. The first-order valence-corrected chi connectivity index (χ1v) is 8.41. The number of anilines is 1. The number of hydrogen-bond donors (Lipinski definition) is 1. The van der Waals surface area contributed by atoms with Crippen LogP contribution in [-0.4, -0.2) is 46.9 Å². The maximum atomic E-state index is 12.5. The lowest BCUT2D eigenvalue weighted by atomic mass is 10.1. The minimum atomic E-state index is 0.0806. The number of ether oxygens (including phenoxy) is 1. The van der Waals surface area contributed by atoms with E-state index in [1.54, 1.807) is 0 Å². The molecule has 0 radical (unpaired) electrons. The molecular formula is C18H24N4O2. The summed E-state index contributed by atoms with van der Waals surface area (Å²) in [6, 6.07) is 7.85. The van der Waals surface area contributed by atoms with Crippen LogP contribution in [0.15, 0.2) is 30.5 Å². The van der Waals surface area contributed by atoms with Gasteiger partial charge in [0.2, 0.25) is 0 Å². The van der Waals surface area contributed by atoms with Gasteiger partial charge in [0.15, 0.2) is 0 Å². The number of morpholine rings is 1. The van der Waals surface area contributed by atoms with Gasteiger partial charge in [-0.15, -0.1) is 0 Å². The van der Waals surface area contributed by atoms with Crippen molar-refractivity contribution in [2.75, 3.05) is 31.6 Å². The highest BCUT2D eigenvalue weighted by atomic mass is 16.5. The van der Waals surface area contributed by atoms with E-state index in [4.69, 9.17) is 4.74 Å². The molecule has 1 aromatic heterocycles. The van der Waals surface area contributed by atoms with Gasteiger partial charge < -0.3 is 15.0 Å². The van der Waals surface area contributed by atoms with Crippen molar-refractivity contribution in [1.82, 2.24) is 14.7 Å². The van der Waals surface area contributed by atoms with Gasteiger partial charge in [-0.3, -0.25) is 9.48 Å². The van der Waals surface area contributed by atoms with Crippen LogP contribution < -0.4 is 5.32 Å². The number of amides is 1. The van der Waals surface area contributed by atoms with Crippen LogP contribution in [0.25, 0.3) is 0 Å². The molecule has 3 rings (SSSR count). The first-order chi connectivity index (χ1) is 11.7. The zero-order chi connectivity index (χ0) is 16.9. The maximum Gasteiger partial charge on any atom is 0.254 e. The third-order valence-corrected chi connectivity index (χ3v) is 4.34. The SMILES string of the molecule is CCn1nccc1CNc1ccc(C(=O)N2CCOCC2)cc1C. The molecule has 0 spiro atoms. The molecule has 1 fully saturated rings. The zero-order valence-corrected chi connectivity index (χ0v) is 14.3. The summed E-state index contributed by atoms with van der Waals surface area (Å²) in [7, 11) is 0. The standard InChI is InChI=1S/C18H24N4O2/c1-3-22-16(6-7-20-22)13-19-17-5-4-15(12-14(17)2)18(23)21-8-10-24-11-9-21/h4-7,12,19H,3,8-11,13H2,1-2H3. The molecule has 1 aromatic carbocycles. The van der Waals surface area contributed by atoms with E-state index in [-0.39, 0.29) is 5.91 Å². The molecule has 0 aliphatic carbocycles. The fraction of sp³-hybridized carbons (Fsp3) is 0.444. The monoisotopic (exact) mass is 328 g/mol. The molecule has 0 unspecified atom stereocenters. The minimum absolute atomic E-state index is 0.0806. The van der Waals surface area contributed by atoms with Crippen LogP contribution in [0.1, 0.15) is 28.5 Å². The molecule has 128 valence electrons. The summed E-state index contributed by atoms with van der Waals surface area (Å²) in [5.41, 5.74) is 3.98. The van der Waals surface area contributed by atoms with Crippen molar-refractivity contribution in [2.45, 2.75) is 26.9 Å². The lowest BCUT2D eigenvalue weighted by molar-refractivity contribution is 0.0303. The number of nitrogens with one attached hydrogen (secondary N) is 1. The highest BCUT2D eigenvalue weighted by Gasteiger charge is 2.18. The number of hydrogen-bond acceptors (Lipinski definition) is 4. The predicted octanol–water partition coefficient (Wildman–Crippen LogP) is 2.30. The largest absolute Gasteiger partial charge is 0.379 e. The number of benzene rings is 1. The van der Waals surface area contributed by atoms with Crippen molar-refractivity contribution in [3.05, 3.63) is 47.3 Å². The van der Waals surface area contributed by atoms with Crippen molar-refractivity contribution in [3.8, 4) is 0 Å². The highest BCUT2D eigenvalue weighted by molar-refractivity contribution is 5.95. The average Bonchev–Trinajstić information content (AvgIpc) is 3.08. The molecule has 6 heteroatoms. The fourth-order valence-corrected chi connectivity index (χ4v) is 2.92. The number of rotatable bonds is 5. The lowest BCUT2D eigenvalue weighted by Crippen LogP contribution is -2.40. The van der Waals surface area contributed by atoms with E-state index in [0.717, 1.165) is 29.1 Å². The van der Waals surface area contributed by atoms with Gasteiger partial charge in [-0.25, -0.2) is 0 Å². The topological polar surface area (TPSA) is 59.4 Å². The van der Waals surface area contributed by atoms with E-state index in [9.17, 15) is 4.79 Å². The van der Waals surface area contributed by atoms with Gasteiger partial charge in [-0.1, -0.05) is 0 Å². The van der Waals surface area contributed by atoms with Gasteiger partial charge in [0, 0.05) is 37.1 Å². The van der Waals surface area contributed by atoms with E-state index in [2.05, 4.69) is 17.3 Å². The zero-order valence-electron chi connectivity index (χ0n) is 14.3. The lowest BCUT2D eigenvalue weighted by Gasteiger charge is -2.27. The fourth-order valence-electron chi connectivity index (χ4n) is 2.92. The van der Waals surface area contributed by atoms with Gasteiger partial charge in [-0.05, 0) is 43.7 Å². The van der Waals surface area contributed by atoms with Crippen LogP contribution in [0.3, 0.4) is 0 Å². The van der Waals surface area contributed by atoms with E-state index in [1.807, 2.05) is 47.0 Å². The van der Waals surface area contributed by atoms with Gasteiger partial charge in [0.25, 0.3) is 5.91 Å². The first-order valence-electron chi connectivity index (χ1n) is 8.41. The smallest absolute Gasteiger partial charge is 0.254 e. The molecule has 1 aliphatic rings. The van der Waals surface area contributed by atoms with Crippen molar-refractivity contribution >= 4 is 11.6 Å². The molecule has 2 aromatic rings. The molecule has 0 atom stereocenters. The molecular weight excluding hydrogens is 304 g/mol. The van der Waals surface area contributed by atoms with Crippen LogP contribution in [0, 0.1) is 6.92 Å². The van der Waals surface area contributed by atoms with Crippen LogP contribution in [-0.2, 0) is 17.8 Å². The number of nitrogens with zero attached hydrogens (tertiary/aromatic N) is 3. The Morgan fingerprint density at radius 2 is 2.08 bits per heavy atom. The Balaban J connectivity index is 1.67.